The molecule has 3 atom stereocenters. The van der Waals surface area contributed by atoms with Crippen LogP contribution in [0.3, 0.4) is 0 Å². The maximum atomic E-state index is 11.0. The topological polar surface area (TPSA) is 38.8 Å². The second kappa shape index (κ2) is 9.89. The molecule has 0 spiro atoms. The molecule has 3 nitrogen and oxygen atoms in total. The van der Waals surface area contributed by atoms with Crippen molar-refractivity contribution >= 4 is 27.5 Å². The zero-order valence-corrected chi connectivity index (χ0v) is 18.0. The van der Waals surface area contributed by atoms with Crippen LogP contribution in [0.15, 0.2) is 54.6 Å². The van der Waals surface area contributed by atoms with Crippen molar-refractivity contribution in [2.75, 3.05) is 13.2 Å². The maximum absolute atomic E-state index is 11.0. The summed E-state index contributed by atoms with van der Waals surface area (Å²) in [7, 11) is 0. The fourth-order valence-electron chi connectivity index (χ4n) is 3.43. The molecular formula is C26H32O3. The SMILES string of the molecule is CCC(C)C(=O)OCC1CO1.CCC(C)c1c2ccccc2cc2ccccc12. The van der Waals surface area contributed by atoms with E-state index < -0.39 is 0 Å². The van der Waals surface area contributed by atoms with Gasteiger partial charge in [0, 0.05) is 0 Å². The first kappa shape index (κ1) is 21.3. The van der Waals surface area contributed by atoms with Crippen LogP contribution in [0.4, 0.5) is 0 Å². The second-order valence-corrected chi connectivity index (χ2v) is 7.94. The predicted octanol–water partition coefficient (Wildman–Crippen LogP) is 6.48. The molecule has 3 aromatic carbocycles. The van der Waals surface area contributed by atoms with Crippen LogP contribution >= 0.6 is 0 Å². The lowest BCUT2D eigenvalue weighted by molar-refractivity contribution is -0.148. The highest BCUT2D eigenvalue weighted by Gasteiger charge is 2.25. The van der Waals surface area contributed by atoms with Crippen molar-refractivity contribution in [3.63, 3.8) is 0 Å². The maximum Gasteiger partial charge on any atom is 0.308 e. The Bertz CT molecular complexity index is 904. The number of esters is 1. The van der Waals surface area contributed by atoms with Gasteiger partial charge in [-0.2, -0.15) is 0 Å². The molecule has 1 heterocycles. The number of epoxide rings is 1. The average molecular weight is 393 g/mol. The van der Waals surface area contributed by atoms with Crippen molar-refractivity contribution in [1.29, 1.82) is 0 Å². The molecule has 1 aliphatic heterocycles. The molecule has 29 heavy (non-hydrogen) atoms. The van der Waals surface area contributed by atoms with E-state index in [9.17, 15) is 4.79 Å². The molecule has 0 aliphatic carbocycles. The van der Waals surface area contributed by atoms with Crippen LogP contribution in [0.25, 0.3) is 21.5 Å². The minimum absolute atomic E-state index is 0.0220. The highest BCUT2D eigenvalue weighted by Crippen LogP contribution is 2.34. The number of ether oxygens (including phenoxy) is 2. The van der Waals surface area contributed by atoms with E-state index in [2.05, 4.69) is 68.4 Å². The standard InChI is InChI=1S/C18H18.C8H14O3/c1-3-13(2)18-16-10-6-4-8-14(16)12-15-9-5-7-11-17(15)18;1-3-6(2)8(9)11-5-7-4-10-7/h4-13H,3H2,1-2H3;6-7H,3-5H2,1-2H3. The molecule has 3 unspecified atom stereocenters. The van der Waals surface area contributed by atoms with Crippen molar-refractivity contribution in [3.8, 4) is 0 Å². The molecule has 0 saturated carbocycles. The number of carbonyl (C=O) groups excluding carboxylic acids is 1. The van der Waals surface area contributed by atoms with Crippen molar-refractivity contribution in [1.82, 2.24) is 0 Å². The van der Waals surface area contributed by atoms with Gasteiger partial charge in [-0.05, 0) is 51.9 Å². The third kappa shape index (κ3) is 5.36. The number of carbonyl (C=O) groups is 1. The van der Waals surface area contributed by atoms with Crippen molar-refractivity contribution in [2.45, 2.75) is 52.6 Å². The number of hydrogen-bond acceptors (Lipinski definition) is 3. The first-order valence-electron chi connectivity index (χ1n) is 10.7. The molecule has 3 aromatic rings. The molecule has 4 rings (SSSR count). The summed E-state index contributed by atoms with van der Waals surface area (Å²) < 4.78 is 9.85. The molecule has 154 valence electrons. The number of benzene rings is 3. The molecule has 0 radical (unpaired) electrons. The number of fused-ring (bicyclic) bond motifs is 2. The third-order valence-electron chi connectivity index (χ3n) is 5.75. The minimum Gasteiger partial charge on any atom is -0.463 e. The Morgan fingerprint density at radius 1 is 1.00 bits per heavy atom. The summed E-state index contributed by atoms with van der Waals surface area (Å²) in [4.78, 5) is 11.0. The van der Waals surface area contributed by atoms with Gasteiger partial charge in [0.25, 0.3) is 0 Å². The lowest BCUT2D eigenvalue weighted by atomic mass is 9.88. The molecular weight excluding hydrogens is 360 g/mol. The van der Waals surface area contributed by atoms with Gasteiger partial charge in [-0.3, -0.25) is 4.79 Å². The summed E-state index contributed by atoms with van der Waals surface area (Å²) in [6.45, 7) is 9.61. The lowest BCUT2D eigenvalue weighted by Gasteiger charge is -2.16. The normalized spacial score (nSPS) is 17.3. The smallest absolute Gasteiger partial charge is 0.308 e. The lowest BCUT2D eigenvalue weighted by Crippen LogP contribution is -2.16. The van der Waals surface area contributed by atoms with E-state index in [0.717, 1.165) is 13.0 Å². The zero-order valence-electron chi connectivity index (χ0n) is 18.0. The number of hydrogen-bond donors (Lipinski definition) is 0. The summed E-state index contributed by atoms with van der Waals surface area (Å²) in [6, 6.07) is 19.8. The second-order valence-electron chi connectivity index (χ2n) is 7.94. The fourth-order valence-corrected chi connectivity index (χ4v) is 3.43. The highest BCUT2D eigenvalue weighted by atomic mass is 16.6. The Kier molecular flexibility index (Phi) is 7.27. The van der Waals surface area contributed by atoms with Crippen LogP contribution in [-0.2, 0) is 14.3 Å². The van der Waals surface area contributed by atoms with Gasteiger partial charge >= 0.3 is 5.97 Å². The van der Waals surface area contributed by atoms with Gasteiger partial charge in [-0.25, -0.2) is 0 Å². The quantitative estimate of drug-likeness (QED) is 0.274. The predicted molar refractivity (Wildman–Crippen MR) is 120 cm³/mol. The van der Waals surface area contributed by atoms with Crippen LogP contribution in [-0.4, -0.2) is 25.3 Å². The molecule has 0 amide bonds. The monoisotopic (exact) mass is 392 g/mol. The fraction of sp³-hybridized carbons (Fsp3) is 0.423. The molecule has 1 aliphatic rings. The molecule has 0 aromatic heterocycles. The van der Waals surface area contributed by atoms with Gasteiger partial charge in [0.1, 0.15) is 12.7 Å². The van der Waals surface area contributed by atoms with Gasteiger partial charge in [0.05, 0.1) is 12.5 Å². The Labute approximate surface area is 174 Å². The summed E-state index contributed by atoms with van der Waals surface area (Å²) in [5.41, 5.74) is 1.51. The molecule has 1 fully saturated rings. The van der Waals surface area contributed by atoms with E-state index in [1.54, 1.807) is 0 Å². The van der Waals surface area contributed by atoms with Gasteiger partial charge in [0.15, 0.2) is 0 Å². The zero-order chi connectivity index (χ0) is 20.8. The van der Waals surface area contributed by atoms with E-state index in [4.69, 9.17) is 9.47 Å². The van der Waals surface area contributed by atoms with Crippen molar-refractivity contribution in [2.24, 2.45) is 5.92 Å². The molecule has 0 N–H and O–H groups in total. The first-order chi connectivity index (χ1) is 14.0. The summed E-state index contributed by atoms with van der Waals surface area (Å²) >= 11 is 0. The van der Waals surface area contributed by atoms with Crippen LogP contribution in [0.5, 0.6) is 0 Å². The van der Waals surface area contributed by atoms with Crippen molar-refractivity contribution < 1.29 is 14.3 Å². The third-order valence-corrected chi connectivity index (χ3v) is 5.75. The van der Waals surface area contributed by atoms with Crippen LogP contribution in [0.1, 0.15) is 52.0 Å². The Morgan fingerprint density at radius 3 is 2.03 bits per heavy atom. The van der Waals surface area contributed by atoms with E-state index in [0.29, 0.717) is 12.5 Å². The average Bonchev–Trinajstić information content (AvgIpc) is 3.59. The summed E-state index contributed by atoms with van der Waals surface area (Å²) in [6.07, 6.45) is 2.20. The minimum atomic E-state index is -0.108. The van der Waals surface area contributed by atoms with Crippen molar-refractivity contribution in [3.05, 3.63) is 60.2 Å². The Hall–Kier alpha value is -2.39. The van der Waals surface area contributed by atoms with Gasteiger partial charge in [0.2, 0.25) is 0 Å². The van der Waals surface area contributed by atoms with E-state index in [1.165, 1.54) is 33.5 Å². The van der Waals surface area contributed by atoms with Gasteiger partial charge in [-0.15, -0.1) is 0 Å². The van der Waals surface area contributed by atoms with Gasteiger partial charge in [-0.1, -0.05) is 76.2 Å². The van der Waals surface area contributed by atoms with Crippen LogP contribution in [0, 0.1) is 5.92 Å². The van der Waals surface area contributed by atoms with E-state index in [-0.39, 0.29) is 18.0 Å². The highest BCUT2D eigenvalue weighted by molar-refractivity contribution is 6.02. The number of rotatable bonds is 6. The van der Waals surface area contributed by atoms with Crippen LogP contribution in [0.2, 0.25) is 0 Å². The van der Waals surface area contributed by atoms with E-state index >= 15 is 0 Å². The summed E-state index contributed by atoms with van der Waals surface area (Å²) in [5, 5.41) is 5.52. The van der Waals surface area contributed by atoms with Gasteiger partial charge < -0.3 is 9.47 Å². The Morgan fingerprint density at radius 2 is 1.55 bits per heavy atom. The molecule has 3 heteroatoms. The van der Waals surface area contributed by atoms with E-state index in [1.807, 2.05) is 13.8 Å². The molecule has 0 bridgehead atoms. The van der Waals surface area contributed by atoms with Crippen LogP contribution < -0.4 is 0 Å². The Balaban J connectivity index is 0.000000188. The largest absolute Gasteiger partial charge is 0.463 e. The first-order valence-corrected chi connectivity index (χ1v) is 10.7. The molecule has 1 saturated heterocycles. The summed E-state index contributed by atoms with van der Waals surface area (Å²) in [5.74, 6) is 0.512.